The molecular formula is C16H24FNO. The van der Waals surface area contributed by atoms with E-state index in [0.29, 0.717) is 5.75 Å². The van der Waals surface area contributed by atoms with Gasteiger partial charge in [-0.3, -0.25) is 0 Å². The molecule has 0 spiro atoms. The van der Waals surface area contributed by atoms with E-state index in [-0.39, 0.29) is 17.5 Å². The number of hydrogen-bond acceptors (Lipinski definition) is 2. The van der Waals surface area contributed by atoms with Gasteiger partial charge in [-0.05, 0) is 32.9 Å². The van der Waals surface area contributed by atoms with Gasteiger partial charge in [0.15, 0.2) is 0 Å². The maximum atomic E-state index is 13.4. The molecule has 0 fully saturated rings. The van der Waals surface area contributed by atoms with E-state index >= 15 is 0 Å². The van der Waals surface area contributed by atoms with E-state index in [1.165, 1.54) is 25.0 Å². The van der Waals surface area contributed by atoms with Crippen LogP contribution in [0.3, 0.4) is 0 Å². The van der Waals surface area contributed by atoms with Gasteiger partial charge in [0.05, 0.1) is 0 Å². The minimum Gasteiger partial charge on any atom is -0.487 e. The molecule has 2 rings (SSSR count). The molecule has 1 aliphatic rings. The predicted molar refractivity (Wildman–Crippen MR) is 76.0 cm³/mol. The lowest BCUT2D eigenvalue weighted by molar-refractivity contribution is 0.0381. The van der Waals surface area contributed by atoms with Crippen molar-refractivity contribution in [3.63, 3.8) is 0 Å². The minimum absolute atomic E-state index is 0.191. The van der Waals surface area contributed by atoms with Crippen LogP contribution in [-0.4, -0.2) is 12.6 Å². The Morgan fingerprint density at radius 3 is 2.89 bits per heavy atom. The van der Waals surface area contributed by atoms with E-state index in [1.807, 2.05) is 13.1 Å². The van der Waals surface area contributed by atoms with Crippen LogP contribution in [0.1, 0.15) is 57.6 Å². The van der Waals surface area contributed by atoms with E-state index in [1.54, 1.807) is 0 Å². The molecule has 106 valence electrons. The molecule has 0 bridgehead atoms. The molecule has 0 saturated heterocycles. The molecule has 1 aromatic carbocycles. The molecule has 1 aliphatic heterocycles. The Morgan fingerprint density at radius 2 is 2.21 bits per heavy atom. The SMILES string of the molecule is CCCCCC1(C)CC(NC)c2ccc(F)cc2O1. The first-order valence-electron chi connectivity index (χ1n) is 7.24. The number of unbranched alkanes of at least 4 members (excludes halogenated alkanes) is 2. The van der Waals surface area contributed by atoms with Crippen molar-refractivity contribution in [2.45, 2.75) is 57.6 Å². The van der Waals surface area contributed by atoms with Crippen molar-refractivity contribution >= 4 is 0 Å². The summed E-state index contributed by atoms with van der Waals surface area (Å²) in [6, 6.07) is 5.09. The largest absolute Gasteiger partial charge is 0.487 e. The Labute approximate surface area is 115 Å². The Hall–Kier alpha value is -1.09. The molecule has 1 N–H and O–H groups in total. The van der Waals surface area contributed by atoms with E-state index in [2.05, 4.69) is 19.2 Å². The van der Waals surface area contributed by atoms with Crippen LogP contribution in [0.2, 0.25) is 0 Å². The monoisotopic (exact) mass is 265 g/mol. The Kier molecular flexibility index (Phi) is 4.46. The maximum absolute atomic E-state index is 13.4. The normalized spacial score (nSPS) is 25.8. The summed E-state index contributed by atoms with van der Waals surface area (Å²) in [4.78, 5) is 0. The number of benzene rings is 1. The summed E-state index contributed by atoms with van der Waals surface area (Å²) in [6.45, 7) is 4.34. The molecule has 0 radical (unpaired) electrons. The minimum atomic E-state index is -0.230. The van der Waals surface area contributed by atoms with Crippen LogP contribution in [-0.2, 0) is 0 Å². The zero-order chi connectivity index (χ0) is 13.9. The van der Waals surface area contributed by atoms with E-state index in [9.17, 15) is 4.39 Å². The highest BCUT2D eigenvalue weighted by Gasteiger charge is 2.36. The number of rotatable bonds is 5. The number of ether oxygens (including phenoxy) is 1. The van der Waals surface area contributed by atoms with Gasteiger partial charge in [0, 0.05) is 24.1 Å². The molecule has 2 atom stereocenters. The number of nitrogens with one attached hydrogen (secondary N) is 1. The smallest absolute Gasteiger partial charge is 0.127 e. The van der Waals surface area contributed by atoms with E-state index < -0.39 is 0 Å². The average molecular weight is 265 g/mol. The summed E-state index contributed by atoms with van der Waals surface area (Å²) in [5, 5.41) is 3.32. The maximum Gasteiger partial charge on any atom is 0.127 e. The number of halogens is 1. The molecule has 1 aromatic rings. The highest BCUT2D eigenvalue weighted by atomic mass is 19.1. The van der Waals surface area contributed by atoms with Crippen LogP contribution < -0.4 is 10.1 Å². The summed E-state index contributed by atoms with van der Waals surface area (Å²) in [5.41, 5.74) is 0.876. The predicted octanol–water partition coefficient (Wildman–Crippen LogP) is 4.21. The molecule has 2 nitrogen and oxygen atoms in total. The van der Waals surface area contributed by atoms with Gasteiger partial charge in [-0.1, -0.05) is 25.8 Å². The molecule has 0 saturated carbocycles. The number of fused-ring (bicyclic) bond motifs is 1. The van der Waals surface area contributed by atoms with E-state index in [0.717, 1.165) is 24.8 Å². The molecule has 2 unspecified atom stereocenters. The van der Waals surface area contributed by atoms with Crippen molar-refractivity contribution in [3.05, 3.63) is 29.6 Å². The van der Waals surface area contributed by atoms with Gasteiger partial charge in [0.1, 0.15) is 17.2 Å². The fourth-order valence-corrected chi connectivity index (χ4v) is 2.89. The van der Waals surface area contributed by atoms with Crippen LogP contribution in [0.4, 0.5) is 4.39 Å². The van der Waals surface area contributed by atoms with Crippen molar-refractivity contribution in [2.75, 3.05) is 7.05 Å². The zero-order valence-electron chi connectivity index (χ0n) is 12.1. The third-order valence-corrected chi connectivity index (χ3v) is 4.00. The van der Waals surface area contributed by atoms with Gasteiger partial charge in [0.2, 0.25) is 0 Å². The lowest BCUT2D eigenvalue weighted by atomic mass is 9.85. The lowest BCUT2D eigenvalue weighted by Crippen LogP contribution is -2.41. The Morgan fingerprint density at radius 1 is 1.42 bits per heavy atom. The van der Waals surface area contributed by atoms with Crippen molar-refractivity contribution in [3.8, 4) is 5.75 Å². The Balaban J connectivity index is 2.19. The van der Waals surface area contributed by atoms with Crippen LogP contribution in [0, 0.1) is 5.82 Å². The molecular weight excluding hydrogens is 241 g/mol. The molecule has 0 aliphatic carbocycles. The fourth-order valence-electron chi connectivity index (χ4n) is 2.89. The topological polar surface area (TPSA) is 21.3 Å². The lowest BCUT2D eigenvalue weighted by Gasteiger charge is -2.40. The summed E-state index contributed by atoms with van der Waals surface area (Å²) in [7, 11) is 1.95. The molecule has 0 amide bonds. The molecule has 0 aromatic heterocycles. The molecule has 3 heteroatoms. The summed E-state index contributed by atoms with van der Waals surface area (Å²) >= 11 is 0. The summed E-state index contributed by atoms with van der Waals surface area (Å²) < 4.78 is 19.5. The van der Waals surface area contributed by atoms with Crippen molar-refractivity contribution < 1.29 is 9.13 Å². The van der Waals surface area contributed by atoms with Gasteiger partial charge in [-0.15, -0.1) is 0 Å². The number of hydrogen-bond donors (Lipinski definition) is 1. The molecule has 19 heavy (non-hydrogen) atoms. The average Bonchev–Trinajstić information content (AvgIpc) is 2.37. The summed E-state index contributed by atoms with van der Waals surface area (Å²) in [6.07, 6.45) is 5.55. The molecule has 1 heterocycles. The highest BCUT2D eigenvalue weighted by molar-refractivity contribution is 5.39. The quantitative estimate of drug-likeness (QED) is 0.805. The highest BCUT2D eigenvalue weighted by Crippen LogP contribution is 2.41. The third-order valence-electron chi connectivity index (χ3n) is 4.00. The zero-order valence-corrected chi connectivity index (χ0v) is 12.1. The van der Waals surface area contributed by atoms with Crippen LogP contribution >= 0.6 is 0 Å². The van der Waals surface area contributed by atoms with Crippen LogP contribution in [0.5, 0.6) is 5.75 Å². The van der Waals surface area contributed by atoms with Crippen molar-refractivity contribution in [1.29, 1.82) is 0 Å². The first-order valence-corrected chi connectivity index (χ1v) is 7.24. The Bertz CT molecular complexity index is 435. The van der Waals surface area contributed by atoms with Crippen molar-refractivity contribution in [1.82, 2.24) is 5.32 Å². The first kappa shape index (κ1) is 14.3. The second kappa shape index (κ2) is 5.91. The van der Waals surface area contributed by atoms with Gasteiger partial charge in [0.25, 0.3) is 0 Å². The fraction of sp³-hybridized carbons (Fsp3) is 0.625. The third kappa shape index (κ3) is 3.27. The first-order chi connectivity index (χ1) is 9.08. The second-order valence-corrected chi connectivity index (χ2v) is 5.74. The van der Waals surface area contributed by atoms with Crippen LogP contribution in [0.15, 0.2) is 18.2 Å². The van der Waals surface area contributed by atoms with Gasteiger partial charge in [-0.25, -0.2) is 4.39 Å². The van der Waals surface area contributed by atoms with Gasteiger partial charge in [-0.2, -0.15) is 0 Å². The van der Waals surface area contributed by atoms with Crippen LogP contribution in [0.25, 0.3) is 0 Å². The van der Waals surface area contributed by atoms with Gasteiger partial charge >= 0.3 is 0 Å². The van der Waals surface area contributed by atoms with Gasteiger partial charge < -0.3 is 10.1 Å². The van der Waals surface area contributed by atoms with Crippen molar-refractivity contribution in [2.24, 2.45) is 0 Å². The van der Waals surface area contributed by atoms with E-state index in [4.69, 9.17) is 4.74 Å². The second-order valence-electron chi connectivity index (χ2n) is 5.74. The standard InChI is InChI=1S/C16H24FNO/c1-4-5-6-9-16(2)11-14(18-3)13-8-7-12(17)10-15(13)19-16/h7-8,10,14,18H,4-6,9,11H2,1-3H3. The summed E-state index contributed by atoms with van der Waals surface area (Å²) in [5.74, 6) is 0.469.